The van der Waals surface area contributed by atoms with Crippen molar-refractivity contribution in [3.8, 4) is 0 Å². The maximum atomic E-state index is 12.8. The molecule has 2 heterocycles. The van der Waals surface area contributed by atoms with Crippen LogP contribution in [0.4, 0.5) is 5.69 Å². The molecule has 1 atom stereocenters. The number of aliphatic carboxylic acids is 1. The Balaban J connectivity index is 1.60. The van der Waals surface area contributed by atoms with Crippen molar-refractivity contribution in [3.63, 3.8) is 0 Å². The predicted octanol–water partition coefficient (Wildman–Crippen LogP) is -0.455. The van der Waals surface area contributed by atoms with Crippen LogP contribution < -0.4 is 10.6 Å². The molecule has 0 spiro atoms. The minimum atomic E-state index is -1.01. The molecule has 4 amide bonds. The van der Waals surface area contributed by atoms with Crippen LogP contribution in [0.15, 0.2) is 18.2 Å². The number of nitrogens with one attached hydrogen (secondary N) is 2. The van der Waals surface area contributed by atoms with E-state index in [0.717, 1.165) is 0 Å². The quantitative estimate of drug-likeness (QED) is 0.352. The molecule has 11 heteroatoms. The molecule has 1 aromatic rings. The van der Waals surface area contributed by atoms with Gasteiger partial charge in [-0.2, -0.15) is 0 Å². The Kier molecular flexibility index (Phi) is 7.54. The van der Waals surface area contributed by atoms with Crippen LogP contribution in [0.3, 0.4) is 0 Å². The number of carbonyl (C=O) groups excluding carboxylic acids is 4. The van der Waals surface area contributed by atoms with Crippen molar-refractivity contribution in [1.29, 1.82) is 0 Å². The van der Waals surface area contributed by atoms with Gasteiger partial charge in [-0.15, -0.1) is 0 Å². The van der Waals surface area contributed by atoms with Crippen LogP contribution in [0.1, 0.15) is 41.6 Å². The fourth-order valence-corrected chi connectivity index (χ4v) is 3.98. The van der Waals surface area contributed by atoms with Gasteiger partial charge in [0.25, 0.3) is 5.91 Å². The minimum Gasteiger partial charge on any atom is -0.480 e. The lowest BCUT2D eigenvalue weighted by atomic mass is 10.0. The van der Waals surface area contributed by atoms with E-state index >= 15 is 0 Å². The molecule has 4 N–H and O–H groups in total. The maximum Gasteiger partial charge on any atom is 0.317 e. The van der Waals surface area contributed by atoms with E-state index in [1.807, 2.05) is 0 Å². The topological polar surface area (TPSA) is 156 Å². The molecular weight excluding hydrogens is 420 g/mol. The zero-order valence-electron chi connectivity index (χ0n) is 17.5. The third-order valence-electron chi connectivity index (χ3n) is 5.51. The monoisotopic (exact) mass is 446 g/mol. The van der Waals surface area contributed by atoms with Crippen molar-refractivity contribution >= 4 is 35.3 Å². The van der Waals surface area contributed by atoms with Gasteiger partial charge in [0.1, 0.15) is 6.04 Å². The second-order valence-electron chi connectivity index (χ2n) is 7.78. The number of benzene rings is 1. The van der Waals surface area contributed by atoms with E-state index in [1.165, 1.54) is 4.90 Å². The van der Waals surface area contributed by atoms with Crippen LogP contribution in [0, 0.1) is 0 Å². The Bertz CT molecular complexity index is 933. The standard InChI is InChI=1S/C21H26N4O7/c26-10-9-24(12-19(29)30)8-2-5-17(27)22-15-4-1-3-13-14(15)11-25(21(13)32)16-6-7-18(28)23-20(16)31/h1,3-4,16,26H,2,5-12H2,(H,22,27)(H,29,30)(H,23,28,31). The van der Waals surface area contributed by atoms with Crippen LogP contribution in [0.2, 0.25) is 0 Å². The van der Waals surface area contributed by atoms with E-state index in [2.05, 4.69) is 10.6 Å². The van der Waals surface area contributed by atoms with Crippen LogP contribution in [0.25, 0.3) is 0 Å². The number of amides is 4. The van der Waals surface area contributed by atoms with Crippen LogP contribution in [0.5, 0.6) is 0 Å². The fourth-order valence-electron chi connectivity index (χ4n) is 3.98. The minimum absolute atomic E-state index is 0.135. The van der Waals surface area contributed by atoms with Crippen LogP contribution in [-0.2, 0) is 25.7 Å². The molecule has 3 rings (SSSR count). The van der Waals surface area contributed by atoms with Gasteiger partial charge in [-0.3, -0.25) is 34.2 Å². The van der Waals surface area contributed by atoms with E-state index in [0.29, 0.717) is 29.8 Å². The summed E-state index contributed by atoms with van der Waals surface area (Å²) < 4.78 is 0. The number of carbonyl (C=O) groups is 5. The Morgan fingerprint density at radius 2 is 2.00 bits per heavy atom. The number of hydrogen-bond acceptors (Lipinski definition) is 7. The highest BCUT2D eigenvalue weighted by Crippen LogP contribution is 2.32. The SMILES string of the molecule is O=C(O)CN(CCO)CCCC(=O)Nc1cccc2c1CN(C1CCC(=O)NC1=O)C2=O. The number of fused-ring (bicyclic) bond motifs is 1. The summed E-state index contributed by atoms with van der Waals surface area (Å²) in [4.78, 5) is 62.7. The number of aliphatic hydroxyl groups is 1. The second-order valence-corrected chi connectivity index (χ2v) is 7.78. The van der Waals surface area contributed by atoms with Crippen molar-refractivity contribution in [3.05, 3.63) is 29.3 Å². The Morgan fingerprint density at radius 3 is 2.69 bits per heavy atom. The third kappa shape index (κ3) is 5.48. The molecule has 172 valence electrons. The number of nitrogens with zero attached hydrogens (tertiary/aromatic N) is 2. The average Bonchev–Trinajstić information content (AvgIpc) is 3.05. The van der Waals surface area contributed by atoms with Crippen molar-refractivity contribution < 1.29 is 34.2 Å². The van der Waals surface area contributed by atoms with E-state index in [9.17, 15) is 24.0 Å². The molecule has 2 aliphatic rings. The van der Waals surface area contributed by atoms with Crippen LogP contribution >= 0.6 is 0 Å². The lowest BCUT2D eigenvalue weighted by Gasteiger charge is -2.29. The molecule has 1 unspecified atom stereocenters. The highest BCUT2D eigenvalue weighted by Gasteiger charge is 2.39. The molecule has 0 bridgehead atoms. The van der Waals surface area contributed by atoms with Gasteiger partial charge in [0.05, 0.1) is 13.2 Å². The summed E-state index contributed by atoms with van der Waals surface area (Å²) in [6.45, 7) is 0.313. The van der Waals surface area contributed by atoms with Gasteiger partial charge in [0.15, 0.2) is 0 Å². The van der Waals surface area contributed by atoms with E-state index < -0.39 is 17.9 Å². The normalized spacial score (nSPS) is 18.0. The molecule has 1 fully saturated rings. The Hall–Kier alpha value is -3.31. The Labute approximate surface area is 184 Å². The van der Waals surface area contributed by atoms with Crippen molar-refractivity contribution in [2.45, 2.75) is 38.3 Å². The summed E-state index contributed by atoms with van der Waals surface area (Å²) in [6.07, 6.45) is 0.952. The number of hydrogen-bond donors (Lipinski definition) is 4. The molecular formula is C21H26N4O7. The Morgan fingerprint density at radius 1 is 1.22 bits per heavy atom. The summed E-state index contributed by atoms with van der Waals surface area (Å²) in [7, 11) is 0. The van der Waals surface area contributed by atoms with Gasteiger partial charge >= 0.3 is 5.97 Å². The van der Waals surface area contributed by atoms with Gasteiger partial charge < -0.3 is 20.4 Å². The molecule has 1 aromatic carbocycles. The number of imide groups is 1. The fraction of sp³-hybridized carbons (Fsp3) is 0.476. The molecule has 11 nitrogen and oxygen atoms in total. The zero-order chi connectivity index (χ0) is 23.3. The molecule has 0 saturated carbocycles. The van der Waals surface area contributed by atoms with E-state index in [1.54, 1.807) is 23.1 Å². The van der Waals surface area contributed by atoms with E-state index in [-0.39, 0.29) is 63.2 Å². The van der Waals surface area contributed by atoms with Crippen LogP contribution in [-0.4, -0.2) is 81.9 Å². The third-order valence-corrected chi connectivity index (χ3v) is 5.51. The highest BCUT2D eigenvalue weighted by atomic mass is 16.4. The smallest absolute Gasteiger partial charge is 0.317 e. The highest BCUT2D eigenvalue weighted by molar-refractivity contribution is 6.06. The maximum absolute atomic E-state index is 12.8. The number of piperidine rings is 1. The molecule has 2 aliphatic heterocycles. The summed E-state index contributed by atoms with van der Waals surface area (Å²) in [5.41, 5.74) is 1.50. The predicted molar refractivity (Wildman–Crippen MR) is 112 cm³/mol. The second kappa shape index (κ2) is 10.3. The van der Waals surface area contributed by atoms with E-state index in [4.69, 9.17) is 10.2 Å². The first kappa shape index (κ1) is 23.4. The summed E-state index contributed by atoms with van der Waals surface area (Å²) in [6, 6.07) is 4.23. The summed E-state index contributed by atoms with van der Waals surface area (Å²) in [5.74, 6) is -2.47. The summed E-state index contributed by atoms with van der Waals surface area (Å²) in [5, 5.41) is 23.0. The first-order chi connectivity index (χ1) is 15.3. The van der Waals surface area contributed by atoms with Crippen molar-refractivity contribution in [2.24, 2.45) is 0 Å². The first-order valence-electron chi connectivity index (χ1n) is 10.4. The lowest BCUT2D eigenvalue weighted by Crippen LogP contribution is -2.52. The largest absolute Gasteiger partial charge is 0.480 e. The van der Waals surface area contributed by atoms with Gasteiger partial charge in [-0.25, -0.2) is 0 Å². The number of aliphatic hydroxyl groups excluding tert-OH is 1. The summed E-state index contributed by atoms with van der Waals surface area (Å²) >= 11 is 0. The number of carboxylic acids is 1. The van der Waals surface area contributed by atoms with Gasteiger partial charge in [-0.1, -0.05) is 6.07 Å². The number of rotatable bonds is 10. The average molecular weight is 446 g/mol. The number of anilines is 1. The van der Waals surface area contributed by atoms with Crippen molar-refractivity contribution in [2.75, 3.05) is 31.6 Å². The molecule has 32 heavy (non-hydrogen) atoms. The molecule has 0 aliphatic carbocycles. The van der Waals surface area contributed by atoms with Gasteiger partial charge in [-0.05, 0) is 31.5 Å². The molecule has 1 saturated heterocycles. The lowest BCUT2D eigenvalue weighted by molar-refractivity contribution is -0.139. The molecule has 0 aromatic heterocycles. The first-order valence-corrected chi connectivity index (χ1v) is 10.4. The van der Waals surface area contributed by atoms with Gasteiger partial charge in [0, 0.05) is 42.7 Å². The van der Waals surface area contributed by atoms with Crippen molar-refractivity contribution in [1.82, 2.24) is 15.1 Å². The molecule has 0 radical (unpaired) electrons. The van der Waals surface area contributed by atoms with Gasteiger partial charge in [0.2, 0.25) is 17.7 Å². The number of carboxylic acid groups (broad SMARTS) is 1. The zero-order valence-corrected chi connectivity index (χ0v) is 17.5.